The molecule has 1 unspecified atom stereocenters. The molecule has 0 fully saturated rings. The van der Waals surface area contributed by atoms with Crippen molar-refractivity contribution in [3.05, 3.63) is 0 Å². The number of nitrogens with one attached hydrogen (secondary N) is 1. The third-order valence-corrected chi connectivity index (χ3v) is 5.05. The lowest BCUT2D eigenvalue weighted by atomic mass is 10.0. The molecule has 0 saturated heterocycles. The Balaban J connectivity index is 0. The maximum Gasteiger partial charge on any atom is 0.318 e. The number of hydrogen-bond donors (Lipinski definition) is 3. The predicted molar refractivity (Wildman–Crippen MR) is 90.4 cm³/mol. The number of unbranched alkanes of at least 4 members (excludes halogenated alkanes) is 1. The Morgan fingerprint density at radius 1 is 1.24 bits per heavy atom. The molecule has 0 rings (SSSR count). The van der Waals surface area contributed by atoms with Crippen molar-refractivity contribution in [1.82, 2.24) is 5.32 Å². The van der Waals surface area contributed by atoms with E-state index >= 15 is 0 Å². The van der Waals surface area contributed by atoms with E-state index in [0.717, 1.165) is 6.42 Å². The van der Waals surface area contributed by atoms with Crippen molar-refractivity contribution in [1.29, 1.82) is 0 Å². The molecule has 1 atom stereocenters. The van der Waals surface area contributed by atoms with Crippen LogP contribution in [0.1, 0.15) is 66.2 Å². The van der Waals surface area contributed by atoms with Crippen LogP contribution < -0.4 is 11.1 Å². The van der Waals surface area contributed by atoms with Crippen LogP contribution in [0.4, 0.5) is 4.79 Å². The maximum atomic E-state index is 11.3. The summed E-state index contributed by atoms with van der Waals surface area (Å²) in [5.41, 5.74) is 4.81. The molecule has 5 nitrogen and oxygen atoms in total. The first-order valence-corrected chi connectivity index (χ1v) is 8.51. The second-order valence-electron chi connectivity index (χ2n) is 5.09. The lowest BCUT2D eigenvalue weighted by Crippen LogP contribution is -2.46. The second-order valence-corrected chi connectivity index (χ2v) is 6.61. The van der Waals surface area contributed by atoms with Crippen molar-refractivity contribution in [2.75, 3.05) is 6.61 Å². The van der Waals surface area contributed by atoms with Crippen molar-refractivity contribution < 1.29 is 14.7 Å². The van der Waals surface area contributed by atoms with Gasteiger partial charge in [-0.1, -0.05) is 62.9 Å². The molecule has 21 heavy (non-hydrogen) atoms. The fraction of sp³-hybridized carbons (Fsp3) is 0.867. The second kappa shape index (κ2) is 13.1. The van der Waals surface area contributed by atoms with Crippen molar-refractivity contribution in [3.8, 4) is 0 Å². The number of urea groups is 1. The smallest absolute Gasteiger partial charge is 0.318 e. The predicted octanol–water partition coefficient (Wildman–Crippen LogP) is 3.33. The summed E-state index contributed by atoms with van der Waals surface area (Å²) in [7, 11) is 0. The van der Waals surface area contributed by atoms with E-state index in [9.17, 15) is 9.59 Å². The zero-order valence-electron chi connectivity index (χ0n) is 13.7. The molecule has 126 valence electrons. The first-order chi connectivity index (χ1) is 9.80. The molecule has 0 aliphatic carbocycles. The number of carbonyl (C=O) groups is 2. The average Bonchev–Trinajstić information content (AvgIpc) is 2.47. The zero-order chi connectivity index (χ0) is 16.9. The van der Waals surface area contributed by atoms with Crippen molar-refractivity contribution in [2.45, 2.75) is 70.5 Å². The maximum absolute atomic E-state index is 11.3. The van der Waals surface area contributed by atoms with Gasteiger partial charge in [-0.2, -0.15) is 0 Å². The monoisotopic (exact) mass is 366 g/mol. The van der Waals surface area contributed by atoms with E-state index in [1.165, 1.54) is 19.3 Å². The highest BCUT2D eigenvalue weighted by atomic mass is 79.9. The number of aliphatic hydroxyl groups is 1. The molecule has 3 amide bonds. The molecule has 0 aromatic carbocycles. The lowest BCUT2D eigenvalue weighted by molar-refractivity contribution is -0.122. The van der Waals surface area contributed by atoms with Crippen LogP contribution in [0.25, 0.3) is 0 Å². The fourth-order valence-electron chi connectivity index (χ4n) is 1.71. The summed E-state index contributed by atoms with van der Waals surface area (Å²) < 4.78 is -0.665. The lowest BCUT2D eigenvalue weighted by Gasteiger charge is -2.21. The quantitative estimate of drug-likeness (QED) is 0.575. The number of amides is 3. The first kappa shape index (κ1) is 22.7. The molecular formula is C15H31BrN2O3. The molecule has 6 heteroatoms. The number of nitrogens with two attached hydrogens (primary N) is 1. The molecular weight excluding hydrogens is 336 g/mol. The van der Waals surface area contributed by atoms with Crippen LogP contribution in [0.2, 0.25) is 0 Å². The molecule has 0 aliphatic heterocycles. The summed E-state index contributed by atoms with van der Waals surface area (Å²) in [5.74, 6) is 0.185. The van der Waals surface area contributed by atoms with Gasteiger partial charge in [0.1, 0.15) is 4.32 Å². The zero-order valence-corrected chi connectivity index (χ0v) is 15.3. The van der Waals surface area contributed by atoms with Crippen LogP contribution in [-0.2, 0) is 4.79 Å². The average molecular weight is 367 g/mol. The normalized spacial score (nSPS) is 12.1. The van der Waals surface area contributed by atoms with E-state index in [1.807, 2.05) is 19.2 Å². The van der Waals surface area contributed by atoms with Gasteiger partial charge in [0.05, 0.1) is 0 Å². The van der Waals surface area contributed by atoms with Crippen LogP contribution >= 0.6 is 15.9 Å². The van der Waals surface area contributed by atoms with Crippen LogP contribution in [0, 0.1) is 5.92 Å². The number of halogens is 1. The fourth-order valence-corrected chi connectivity index (χ4v) is 1.81. The van der Waals surface area contributed by atoms with Crippen molar-refractivity contribution >= 4 is 27.9 Å². The van der Waals surface area contributed by atoms with Gasteiger partial charge in [0.15, 0.2) is 0 Å². The number of alkyl halides is 1. The van der Waals surface area contributed by atoms with Crippen LogP contribution in [-0.4, -0.2) is 28.0 Å². The molecule has 0 heterocycles. The highest BCUT2D eigenvalue weighted by Crippen LogP contribution is 2.26. The Kier molecular flexibility index (Phi) is 14.1. The molecule has 0 bridgehead atoms. The summed E-state index contributed by atoms with van der Waals surface area (Å²) in [6, 6.07) is -0.814. The summed E-state index contributed by atoms with van der Waals surface area (Å²) in [6.45, 7) is 8.41. The molecule has 0 spiro atoms. The summed E-state index contributed by atoms with van der Waals surface area (Å²) in [5, 5.41) is 10.8. The number of primary amides is 1. The topological polar surface area (TPSA) is 92.4 Å². The van der Waals surface area contributed by atoms with E-state index in [2.05, 4.69) is 29.8 Å². The summed E-state index contributed by atoms with van der Waals surface area (Å²) >= 11 is 3.26. The number of imide groups is 1. The standard InChI is InChI=1S/C8H18O.C7H13BrN2O2/c1-3-5-6-8(4-2)7-9;1-3-7(8,4-2)5(11)10-6(9)12/h8-9H,3-7H2,1-2H3;3-4H2,1-2H3,(H3,9,10,11,12). The summed E-state index contributed by atoms with van der Waals surface area (Å²) in [6.07, 6.45) is 6.06. The van der Waals surface area contributed by atoms with Gasteiger partial charge >= 0.3 is 6.03 Å². The van der Waals surface area contributed by atoms with Gasteiger partial charge in [-0.3, -0.25) is 10.1 Å². The highest BCUT2D eigenvalue weighted by Gasteiger charge is 2.32. The third-order valence-electron chi connectivity index (χ3n) is 3.57. The minimum Gasteiger partial charge on any atom is -0.396 e. The number of hydrogen-bond acceptors (Lipinski definition) is 3. The molecule has 0 aromatic rings. The van der Waals surface area contributed by atoms with Crippen LogP contribution in [0.5, 0.6) is 0 Å². The Hall–Kier alpha value is -0.620. The molecule has 0 aliphatic rings. The van der Waals surface area contributed by atoms with Gasteiger partial charge in [-0.05, 0) is 25.2 Å². The van der Waals surface area contributed by atoms with Crippen LogP contribution in [0.3, 0.4) is 0 Å². The molecule has 0 radical (unpaired) electrons. The Morgan fingerprint density at radius 2 is 1.76 bits per heavy atom. The number of aliphatic hydroxyl groups excluding tert-OH is 1. The SMILES string of the molecule is CCC(Br)(CC)C(=O)NC(N)=O.CCCCC(CC)CO. The van der Waals surface area contributed by atoms with Crippen molar-refractivity contribution in [3.63, 3.8) is 0 Å². The Morgan fingerprint density at radius 3 is 2.05 bits per heavy atom. The number of carbonyl (C=O) groups excluding carboxylic acids is 2. The molecule has 4 N–H and O–H groups in total. The molecule has 0 aromatic heterocycles. The van der Waals surface area contributed by atoms with Crippen LogP contribution in [0.15, 0.2) is 0 Å². The Labute approximate surface area is 137 Å². The summed E-state index contributed by atoms with van der Waals surface area (Å²) in [4.78, 5) is 21.6. The third kappa shape index (κ3) is 10.7. The minimum absolute atomic E-state index is 0.372. The van der Waals surface area contributed by atoms with Gasteiger partial charge in [-0.25, -0.2) is 4.79 Å². The minimum atomic E-state index is -0.814. The number of rotatable bonds is 8. The van der Waals surface area contributed by atoms with E-state index in [1.54, 1.807) is 0 Å². The van der Waals surface area contributed by atoms with Gasteiger partial charge in [0.25, 0.3) is 0 Å². The van der Waals surface area contributed by atoms with E-state index in [-0.39, 0.29) is 5.91 Å². The Bertz CT molecular complexity index is 291. The van der Waals surface area contributed by atoms with Gasteiger partial charge in [0, 0.05) is 6.61 Å². The van der Waals surface area contributed by atoms with Crippen molar-refractivity contribution in [2.24, 2.45) is 11.7 Å². The van der Waals surface area contributed by atoms with E-state index in [4.69, 9.17) is 10.8 Å². The first-order valence-electron chi connectivity index (χ1n) is 7.71. The highest BCUT2D eigenvalue weighted by molar-refractivity contribution is 9.10. The van der Waals surface area contributed by atoms with E-state index < -0.39 is 10.4 Å². The van der Waals surface area contributed by atoms with Gasteiger partial charge < -0.3 is 10.8 Å². The van der Waals surface area contributed by atoms with Gasteiger partial charge in [-0.15, -0.1) is 0 Å². The van der Waals surface area contributed by atoms with E-state index in [0.29, 0.717) is 25.4 Å². The molecule has 0 saturated carbocycles. The largest absolute Gasteiger partial charge is 0.396 e. The van der Waals surface area contributed by atoms with Gasteiger partial charge in [0.2, 0.25) is 5.91 Å².